The van der Waals surface area contributed by atoms with Gasteiger partial charge >= 0.3 is 5.97 Å². The van der Waals surface area contributed by atoms with Crippen LogP contribution >= 0.6 is 11.6 Å². The van der Waals surface area contributed by atoms with Gasteiger partial charge in [-0.15, -0.1) is 0 Å². The molecule has 0 heterocycles. The van der Waals surface area contributed by atoms with Gasteiger partial charge in [-0.3, -0.25) is 19.2 Å². The summed E-state index contributed by atoms with van der Waals surface area (Å²) in [6.07, 6.45) is 0. The monoisotopic (exact) mass is 503 g/mol. The number of non-ortho nitro benzene ring substituents is 1. The Morgan fingerprint density at radius 1 is 1.06 bits per heavy atom. The van der Waals surface area contributed by atoms with E-state index < -0.39 is 33.4 Å². The van der Waals surface area contributed by atoms with E-state index in [0.717, 1.165) is 10.4 Å². The topological polar surface area (TPSA) is 136 Å². The van der Waals surface area contributed by atoms with Crippen molar-refractivity contribution in [1.29, 1.82) is 0 Å². The Kier molecular flexibility index (Phi) is 7.49. The average Bonchev–Trinajstić information content (AvgIpc) is 2.83. The third kappa shape index (κ3) is 5.50. The van der Waals surface area contributed by atoms with Gasteiger partial charge in [-0.25, -0.2) is 13.2 Å². The SMILES string of the molecule is COC(=O)c1cc(NC(=O)CN(c2cccc([N+](=O)[O-])c2)S(=O)(=O)c2ccccc2)ccc1Cl. The Morgan fingerprint density at radius 3 is 2.41 bits per heavy atom. The molecule has 3 aromatic carbocycles. The molecular formula is C22H18ClN3O7S. The zero-order valence-electron chi connectivity index (χ0n) is 17.7. The highest BCUT2D eigenvalue weighted by molar-refractivity contribution is 7.92. The van der Waals surface area contributed by atoms with Crippen LogP contribution in [0.25, 0.3) is 0 Å². The van der Waals surface area contributed by atoms with Gasteiger partial charge in [-0.2, -0.15) is 0 Å². The average molecular weight is 504 g/mol. The second-order valence-electron chi connectivity index (χ2n) is 6.84. The van der Waals surface area contributed by atoms with E-state index in [-0.39, 0.29) is 32.5 Å². The van der Waals surface area contributed by atoms with Crippen LogP contribution in [0.3, 0.4) is 0 Å². The van der Waals surface area contributed by atoms with Crippen molar-refractivity contribution in [2.24, 2.45) is 0 Å². The van der Waals surface area contributed by atoms with Gasteiger partial charge in [0.25, 0.3) is 15.7 Å². The lowest BCUT2D eigenvalue weighted by atomic mass is 10.2. The van der Waals surface area contributed by atoms with Crippen molar-refractivity contribution in [2.75, 3.05) is 23.3 Å². The summed E-state index contributed by atoms with van der Waals surface area (Å²) in [7, 11) is -3.09. The molecule has 0 saturated carbocycles. The van der Waals surface area contributed by atoms with Crippen LogP contribution in [0.15, 0.2) is 77.7 Å². The van der Waals surface area contributed by atoms with E-state index in [9.17, 15) is 28.1 Å². The maximum Gasteiger partial charge on any atom is 0.339 e. The van der Waals surface area contributed by atoms with Gasteiger partial charge in [0, 0.05) is 17.8 Å². The maximum absolute atomic E-state index is 13.3. The van der Waals surface area contributed by atoms with E-state index in [1.807, 2.05) is 0 Å². The number of esters is 1. The zero-order chi connectivity index (χ0) is 24.9. The standard InChI is InChI=1S/C22H18ClN3O7S/c1-33-22(28)19-12-15(10-11-20(19)23)24-21(27)14-25(16-6-5-7-17(13-16)26(29)30)34(31,32)18-8-3-2-4-9-18/h2-13H,14H2,1H3,(H,24,27). The Hall–Kier alpha value is -3.96. The van der Waals surface area contributed by atoms with Crippen LogP contribution in [0, 0.1) is 10.1 Å². The number of anilines is 2. The number of methoxy groups -OCH3 is 1. The van der Waals surface area contributed by atoms with Crippen molar-refractivity contribution in [2.45, 2.75) is 4.90 Å². The molecule has 0 aliphatic carbocycles. The molecule has 0 saturated heterocycles. The van der Waals surface area contributed by atoms with Crippen LogP contribution in [-0.4, -0.2) is 38.9 Å². The molecule has 0 unspecified atom stereocenters. The third-order valence-corrected chi connectivity index (χ3v) is 6.72. The van der Waals surface area contributed by atoms with Gasteiger partial charge in [-0.05, 0) is 36.4 Å². The highest BCUT2D eigenvalue weighted by Gasteiger charge is 2.28. The van der Waals surface area contributed by atoms with Crippen LogP contribution in [0.5, 0.6) is 0 Å². The summed E-state index contributed by atoms with van der Waals surface area (Å²) < 4.78 is 32.1. The van der Waals surface area contributed by atoms with Gasteiger partial charge < -0.3 is 10.1 Å². The van der Waals surface area contributed by atoms with Crippen molar-refractivity contribution in [3.8, 4) is 0 Å². The lowest BCUT2D eigenvalue weighted by Gasteiger charge is -2.24. The van der Waals surface area contributed by atoms with Crippen LogP contribution in [0.2, 0.25) is 5.02 Å². The van der Waals surface area contributed by atoms with E-state index in [2.05, 4.69) is 10.1 Å². The number of halogens is 1. The summed E-state index contributed by atoms with van der Waals surface area (Å²) in [6.45, 7) is -0.700. The van der Waals surface area contributed by atoms with Gasteiger partial charge in [-0.1, -0.05) is 35.9 Å². The highest BCUT2D eigenvalue weighted by Crippen LogP contribution is 2.27. The second-order valence-corrected chi connectivity index (χ2v) is 9.11. The summed E-state index contributed by atoms with van der Waals surface area (Å²) in [6, 6.07) is 16.4. The van der Waals surface area contributed by atoms with Crippen LogP contribution in [0.4, 0.5) is 17.1 Å². The number of nitro groups is 1. The quantitative estimate of drug-likeness (QED) is 0.280. The van der Waals surface area contributed by atoms with Crippen LogP contribution < -0.4 is 9.62 Å². The molecule has 1 amide bonds. The number of carbonyl (C=O) groups is 2. The molecule has 176 valence electrons. The van der Waals surface area contributed by atoms with Crippen molar-refractivity contribution in [1.82, 2.24) is 0 Å². The number of nitrogens with zero attached hydrogens (tertiary/aromatic N) is 2. The number of ether oxygens (including phenoxy) is 1. The molecule has 3 aromatic rings. The number of benzene rings is 3. The van der Waals surface area contributed by atoms with Crippen molar-refractivity contribution < 1.29 is 27.7 Å². The number of rotatable bonds is 8. The van der Waals surface area contributed by atoms with E-state index >= 15 is 0 Å². The van der Waals surface area contributed by atoms with E-state index in [1.165, 1.54) is 67.8 Å². The fourth-order valence-electron chi connectivity index (χ4n) is 3.00. The fraction of sp³-hybridized carbons (Fsp3) is 0.0909. The van der Waals surface area contributed by atoms with Crippen molar-refractivity contribution >= 4 is 50.6 Å². The Balaban J connectivity index is 1.96. The van der Waals surface area contributed by atoms with E-state index in [4.69, 9.17) is 11.6 Å². The molecule has 0 aromatic heterocycles. The van der Waals surface area contributed by atoms with Crippen molar-refractivity contribution in [3.63, 3.8) is 0 Å². The van der Waals surface area contributed by atoms with Gasteiger partial charge in [0.15, 0.2) is 0 Å². The van der Waals surface area contributed by atoms with Crippen LogP contribution in [-0.2, 0) is 19.6 Å². The first-order chi connectivity index (χ1) is 16.1. The lowest BCUT2D eigenvalue weighted by Crippen LogP contribution is -2.38. The van der Waals surface area contributed by atoms with Gasteiger partial charge in [0.1, 0.15) is 6.54 Å². The first kappa shape index (κ1) is 24.7. The number of carbonyl (C=O) groups excluding carboxylic acids is 2. The number of hydrogen-bond donors (Lipinski definition) is 1. The molecule has 0 aliphatic rings. The summed E-state index contributed by atoms with van der Waals surface area (Å²) >= 11 is 5.98. The number of sulfonamides is 1. The summed E-state index contributed by atoms with van der Waals surface area (Å²) in [5.74, 6) is -1.48. The lowest BCUT2D eigenvalue weighted by molar-refractivity contribution is -0.384. The maximum atomic E-state index is 13.3. The normalized spacial score (nSPS) is 10.9. The van der Waals surface area contributed by atoms with Gasteiger partial charge in [0.05, 0.1) is 33.2 Å². The molecule has 3 rings (SSSR count). The molecule has 34 heavy (non-hydrogen) atoms. The Labute approximate surface area is 199 Å². The second kappa shape index (κ2) is 10.3. The minimum atomic E-state index is -4.26. The summed E-state index contributed by atoms with van der Waals surface area (Å²) in [4.78, 5) is 35.1. The predicted octanol–water partition coefficient (Wildman–Crippen LogP) is 3.87. The first-order valence-corrected chi connectivity index (χ1v) is 11.4. The highest BCUT2D eigenvalue weighted by atomic mass is 35.5. The molecule has 0 atom stereocenters. The smallest absolute Gasteiger partial charge is 0.339 e. The summed E-state index contributed by atoms with van der Waals surface area (Å²) in [5.41, 5.74) is -0.230. The first-order valence-electron chi connectivity index (χ1n) is 9.63. The molecule has 0 bridgehead atoms. The predicted molar refractivity (Wildman–Crippen MR) is 125 cm³/mol. The van der Waals surface area contributed by atoms with E-state index in [0.29, 0.717) is 0 Å². The molecule has 1 N–H and O–H groups in total. The zero-order valence-corrected chi connectivity index (χ0v) is 19.2. The molecule has 0 spiro atoms. The minimum Gasteiger partial charge on any atom is -0.465 e. The van der Waals surface area contributed by atoms with Gasteiger partial charge in [0.2, 0.25) is 5.91 Å². The Bertz CT molecular complexity index is 1350. The largest absolute Gasteiger partial charge is 0.465 e. The third-order valence-electron chi connectivity index (χ3n) is 4.60. The molecule has 0 fully saturated rings. The fourth-order valence-corrected chi connectivity index (χ4v) is 4.63. The summed E-state index contributed by atoms with van der Waals surface area (Å²) in [5, 5.41) is 13.8. The number of hydrogen-bond acceptors (Lipinski definition) is 7. The Morgan fingerprint density at radius 2 is 1.76 bits per heavy atom. The minimum absolute atomic E-state index is 0.00872. The number of amides is 1. The molecule has 0 aliphatic heterocycles. The van der Waals surface area contributed by atoms with E-state index in [1.54, 1.807) is 6.07 Å². The number of nitro benzene ring substituents is 1. The van der Waals surface area contributed by atoms with Crippen molar-refractivity contribution in [3.05, 3.63) is 93.5 Å². The number of nitrogens with one attached hydrogen (secondary N) is 1. The van der Waals surface area contributed by atoms with Crippen LogP contribution in [0.1, 0.15) is 10.4 Å². The molecule has 0 radical (unpaired) electrons. The molecule has 12 heteroatoms. The molecular weight excluding hydrogens is 486 g/mol. The molecule has 10 nitrogen and oxygen atoms in total.